The molecule has 0 aliphatic carbocycles. The van der Waals surface area contributed by atoms with Crippen LogP contribution in [-0.2, 0) is 16.6 Å². The molecule has 7 nitrogen and oxygen atoms in total. The zero-order valence-corrected chi connectivity index (χ0v) is 14.5. The third kappa shape index (κ3) is 4.16. The quantitative estimate of drug-likeness (QED) is 0.711. The van der Waals surface area contributed by atoms with E-state index in [0.717, 1.165) is 17.9 Å². The molecule has 128 valence electrons. The Labute approximate surface area is 144 Å². The molecule has 2 heterocycles. The average Bonchev–Trinajstić information content (AvgIpc) is 3.27. The molecule has 1 atom stereocenters. The van der Waals surface area contributed by atoms with Gasteiger partial charge in [-0.2, -0.15) is 11.8 Å². The van der Waals surface area contributed by atoms with Crippen molar-refractivity contribution in [3.05, 3.63) is 48.0 Å². The van der Waals surface area contributed by atoms with Crippen LogP contribution in [0.4, 0.5) is 0 Å². The summed E-state index contributed by atoms with van der Waals surface area (Å²) in [6.45, 7) is 0.0803. The van der Waals surface area contributed by atoms with Crippen LogP contribution in [0.1, 0.15) is 22.6 Å². The summed E-state index contributed by atoms with van der Waals surface area (Å²) in [5.41, 5.74) is 0.455. The third-order valence-electron chi connectivity index (χ3n) is 3.68. The highest BCUT2D eigenvalue weighted by Gasteiger charge is 2.19. The highest BCUT2D eigenvalue weighted by atomic mass is 32.2. The first-order chi connectivity index (χ1) is 11.5. The largest absolute Gasteiger partial charge is 0.348 e. The smallest absolute Gasteiger partial charge is 0.251 e. The summed E-state index contributed by atoms with van der Waals surface area (Å²) in [5.74, 6) is 2.34. The van der Waals surface area contributed by atoms with E-state index >= 15 is 0 Å². The van der Waals surface area contributed by atoms with Gasteiger partial charge in [0.15, 0.2) is 0 Å². The Kier molecular flexibility index (Phi) is 5.22. The van der Waals surface area contributed by atoms with Gasteiger partial charge >= 0.3 is 0 Å². The molecule has 0 spiro atoms. The Morgan fingerprint density at radius 3 is 2.75 bits per heavy atom. The van der Waals surface area contributed by atoms with Gasteiger partial charge in [-0.15, -0.1) is 0 Å². The average molecular weight is 366 g/mol. The lowest BCUT2D eigenvalue weighted by atomic mass is 10.2. The SMILES string of the molecule is O=C(N[C@@H]1CCSC1)c1ccc(S(=O)(=O)NCc2ncc[nH]2)cc1. The Morgan fingerprint density at radius 2 is 2.12 bits per heavy atom. The first kappa shape index (κ1) is 17.0. The Bertz CT molecular complexity index is 783. The van der Waals surface area contributed by atoms with E-state index in [0.29, 0.717) is 11.4 Å². The Morgan fingerprint density at radius 1 is 1.33 bits per heavy atom. The fourth-order valence-corrected chi connectivity index (χ4v) is 4.48. The van der Waals surface area contributed by atoms with Crippen LogP contribution < -0.4 is 10.0 Å². The summed E-state index contributed by atoms with van der Waals surface area (Å²) >= 11 is 1.82. The summed E-state index contributed by atoms with van der Waals surface area (Å²) in [5, 5.41) is 2.96. The first-order valence-corrected chi connectivity index (χ1v) is 10.1. The number of aromatic nitrogens is 2. The predicted molar refractivity (Wildman–Crippen MR) is 92.3 cm³/mol. The van der Waals surface area contributed by atoms with Gasteiger partial charge in [0.05, 0.1) is 11.4 Å². The topological polar surface area (TPSA) is 104 Å². The van der Waals surface area contributed by atoms with Crippen LogP contribution in [0.15, 0.2) is 41.6 Å². The van der Waals surface area contributed by atoms with Gasteiger partial charge in [-0.3, -0.25) is 4.79 Å². The summed E-state index contributed by atoms with van der Waals surface area (Å²) in [6, 6.07) is 6.12. The number of carbonyl (C=O) groups excluding carboxylic acids is 1. The molecule has 1 amide bonds. The third-order valence-corrected chi connectivity index (χ3v) is 6.26. The predicted octanol–water partition coefficient (Wildman–Crippen LogP) is 1.12. The first-order valence-electron chi connectivity index (χ1n) is 7.51. The van der Waals surface area contributed by atoms with Gasteiger partial charge in [0, 0.05) is 29.8 Å². The van der Waals surface area contributed by atoms with Crippen LogP contribution in [-0.4, -0.2) is 41.8 Å². The zero-order valence-electron chi connectivity index (χ0n) is 12.9. The molecule has 0 unspecified atom stereocenters. The second-order valence-corrected chi connectivity index (χ2v) is 8.34. The van der Waals surface area contributed by atoms with Gasteiger partial charge in [-0.25, -0.2) is 18.1 Å². The van der Waals surface area contributed by atoms with Crippen LogP contribution in [0.25, 0.3) is 0 Å². The molecule has 1 aromatic carbocycles. The van der Waals surface area contributed by atoms with Crippen LogP contribution in [0, 0.1) is 0 Å². The van der Waals surface area contributed by atoms with E-state index in [2.05, 4.69) is 20.0 Å². The Hall–Kier alpha value is -1.84. The van der Waals surface area contributed by atoms with E-state index in [4.69, 9.17) is 0 Å². The molecule has 9 heteroatoms. The standard InChI is InChI=1S/C15H18N4O3S2/c20-15(19-12-5-8-23-10-12)11-1-3-13(4-2-11)24(21,22)18-9-14-16-6-7-17-14/h1-4,6-7,12,18H,5,8-10H2,(H,16,17)(H,19,20)/t12-/m1/s1. The molecule has 1 saturated heterocycles. The molecule has 2 aromatic rings. The lowest BCUT2D eigenvalue weighted by Gasteiger charge is -2.11. The van der Waals surface area contributed by atoms with E-state index in [1.807, 2.05) is 11.8 Å². The summed E-state index contributed by atoms with van der Waals surface area (Å²) in [4.78, 5) is 19.0. The van der Waals surface area contributed by atoms with Gasteiger partial charge in [0.2, 0.25) is 10.0 Å². The zero-order chi connectivity index (χ0) is 17.0. The van der Waals surface area contributed by atoms with Gasteiger partial charge in [0.25, 0.3) is 5.91 Å². The second-order valence-electron chi connectivity index (χ2n) is 5.42. The number of aromatic amines is 1. The van der Waals surface area contributed by atoms with Crippen molar-refractivity contribution < 1.29 is 13.2 Å². The van der Waals surface area contributed by atoms with Crippen molar-refractivity contribution in [1.82, 2.24) is 20.0 Å². The number of carbonyl (C=O) groups is 1. The highest BCUT2D eigenvalue weighted by molar-refractivity contribution is 7.99. The van der Waals surface area contributed by atoms with Gasteiger partial charge < -0.3 is 10.3 Å². The fourth-order valence-electron chi connectivity index (χ4n) is 2.34. The van der Waals surface area contributed by atoms with Gasteiger partial charge in [0.1, 0.15) is 5.82 Å². The van der Waals surface area contributed by atoms with Crippen LogP contribution in [0.2, 0.25) is 0 Å². The number of sulfonamides is 1. The van der Waals surface area contributed by atoms with Crippen molar-refractivity contribution in [2.45, 2.75) is 23.9 Å². The van der Waals surface area contributed by atoms with Gasteiger partial charge in [-0.1, -0.05) is 0 Å². The maximum Gasteiger partial charge on any atom is 0.251 e. The van der Waals surface area contributed by atoms with E-state index in [-0.39, 0.29) is 23.4 Å². The molecule has 1 aromatic heterocycles. The van der Waals surface area contributed by atoms with Gasteiger partial charge in [-0.05, 0) is 36.4 Å². The summed E-state index contributed by atoms with van der Waals surface area (Å²) in [7, 11) is -3.65. The van der Waals surface area contributed by atoms with Crippen molar-refractivity contribution in [3.8, 4) is 0 Å². The van der Waals surface area contributed by atoms with E-state index in [1.54, 1.807) is 12.4 Å². The Balaban J connectivity index is 1.63. The van der Waals surface area contributed by atoms with Crippen molar-refractivity contribution in [2.75, 3.05) is 11.5 Å². The minimum absolute atomic E-state index is 0.0803. The summed E-state index contributed by atoms with van der Waals surface area (Å²) < 4.78 is 26.9. The van der Waals surface area contributed by atoms with Crippen LogP contribution in [0.5, 0.6) is 0 Å². The molecule has 3 N–H and O–H groups in total. The lowest BCUT2D eigenvalue weighted by molar-refractivity contribution is 0.0941. The number of nitrogens with zero attached hydrogens (tertiary/aromatic N) is 1. The number of benzene rings is 1. The van der Waals surface area contributed by atoms with Crippen molar-refractivity contribution in [2.24, 2.45) is 0 Å². The monoisotopic (exact) mass is 366 g/mol. The minimum atomic E-state index is -3.65. The minimum Gasteiger partial charge on any atom is -0.348 e. The maximum absolute atomic E-state index is 12.2. The molecule has 1 aliphatic heterocycles. The maximum atomic E-state index is 12.2. The number of nitrogens with one attached hydrogen (secondary N) is 3. The highest BCUT2D eigenvalue weighted by Crippen LogP contribution is 2.18. The van der Waals surface area contributed by atoms with Crippen molar-refractivity contribution in [1.29, 1.82) is 0 Å². The molecular formula is C15H18N4O3S2. The molecule has 24 heavy (non-hydrogen) atoms. The molecule has 0 radical (unpaired) electrons. The number of amides is 1. The second kappa shape index (κ2) is 7.37. The van der Waals surface area contributed by atoms with Crippen molar-refractivity contribution in [3.63, 3.8) is 0 Å². The van der Waals surface area contributed by atoms with E-state index < -0.39 is 10.0 Å². The molecule has 1 fully saturated rings. The molecule has 3 rings (SSSR count). The molecule has 0 bridgehead atoms. The number of H-pyrrole nitrogens is 1. The van der Waals surface area contributed by atoms with E-state index in [1.165, 1.54) is 24.3 Å². The molecule has 1 aliphatic rings. The van der Waals surface area contributed by atoms with E-state index in [9.17, 15) is 13.2 Å². The normalized spacial score (nSPS) is 17.8. The summed E-state index contributed by atoms with van der Waals surface area (Å²) in [6.07, 6.45) is 4.15. The molecular weight excluding hydrogens is 348 g/mol. The number of hydrogen-bond acceptors (Lipinski definition) is 5. The molecule has 0 saturated carbocycles. The number of hydrogen-bond donors (Lipinski definition) is 3. The number of rotatable bonds is 6. The number of thioether (sulfide) groups is 1. The van der Waals surface area contributed by atoms with Crippen LogP contribution >= 0.6 is 11.8 Å². The number of imidazole rings is 1. The fraction of sp³-hybridized carbons (Fsp3) is 0.333. The van der Waals surface area contributed by atoms with Crippen LogP contribution in [0.3, 0.4) is 0 Å². The lowest BCUT2D eigenvalue weighted by Crippen LogP contribution is -2.34. The van der Waals surface area contributed by atoms with Crippen molar-refractivity contribution >= 4 is 27.7 Å².